The van der Waals surface area contributed by atoms with Crippen LogP contribution in [0.2, 0.25) is 0 Å². The fraction of sp³-hybridized carbons (Fsp3) is 0. The van der Waals surface area contributed by atoms with E-state index in [-0.39, 0.29) is 0 Å². The molecule has 0 saturated carbocycles. The summed E-state index contributed by atoms with van der Waals surface area (Å²) >= 11 is 0. The van der Waals surface area contributed by atoms with Gasteiger partial charge in [-0.05, 0) is 63.2 Å². The number of hydrogen-bond donors (Lipinski definition) is 0. The summed E-state index contributed by atoms with van der Waals surface area (Å²) < 4.78 is 0. The number of fused-ring (bicyclic) bond motifs is 3. The molecule has 3 heterocycles. The molecule has 0 aliphatic heterocycles. The summed E-state index contributed by atoms with van der Waals surface area (Å²) in [5.41, 5.74) is 0. The van der Waals surface area contributed by atoms with E-state index in [1.807, 2.05) is 43.2 Å². The van der Waals surface area contributed by atoms with E-state index >= 15 is 0 Å². The van der Waals surface area contributed by atoms with Crippen LogP contribution in [-0.2, 0) is 0 Å². The third kappa shape index (κ3) is 2.86. The number of nitrogens with zero attached hydrogens (tertiary/aromatic N) is 3. The van der Waals surface area contributed by atoms with Gasteiger partial charge in [0, 0.05) is 53.3 Å². The lowest BCUT2D eigenvalue weighted by Gasteiger charge is -2.29. The fourth-order valence-electron chi connectivity index (χ4n) is 4.58. The van der Waals surface area contributed by atoms with Crippen LogP contribution in [0.5, 0.6) is 0 Å². The van der Waals surface area contributed by atoms with Crippen LogP contribution < -0.4 is 15.9 Å². The van der Waals surface area contributed by atoms with E-state index in [9.17, 15) is 0 Å². The van der Waals surface area contributed by atoms with Gasteiger partial charge in [0.05, 0.1) is 0 Å². The zero-order valence-electron chi connectivity index (χ0n) is 17.4. The molecule has 0 bridgehead atoms. The van der Waals surface area contributed by atoms with Gasteiger partial charge in [0.15, 0.2) is 0 Å². The van der Waals surface area contributed by atoms with Gasteiger partial charge in [-0.3, -0.25) is 15.0 Å². The van der Waals surface area contributed by atoms with Crippen LogP contribution in [0, 0.1) is 0 Å². The van der Waals surface area contributed by atoms with Gasteiger partial charge in [0.25, 0.3) is 0 Å². The minimum atomic E-state index is -2.28. The molecule has 3 aromatic heterocycles. The quantitative estimate of drug-likeness (QED) is 0.369. The fourth-order valence-corrected chi connectivity index (χ4v) is 7.96. The van der Waals surface area contributed by atoms with Crippen molar-refractivity contribution in [3.8, 4) is 0 Å². The highest BCUT2D eigenvalue weighted by atomic mass is 31.2. The Hall–Kier alpha value is -3.81. The van der Waals surface area contributed by atoms with Gasteiger partial charge in [-0.15, -0.1) is 0 Å². The van der Waals surface area contributed by atoms with Crippen molar-refractivity contribution in [3.05, 3.63) is 110 Å². The highest BCUT2D eigenvalue weighted by Crippen LogP contribution is 2.46. The SMILES string of the molecule is C=P(c1ccc2ccncc2c1)(c1cccc2ccncc12)c1cccc2ccncc12. The largest absolute Gasteiger partial charge is 0.264 e. The van der Waals surface area contributed by atoms with E-state index in [0.717, 1.165) is 16.2 Å². The van der Waals surface area contributed by atoms with E-state index in [1.54, 1.807) is 0 Å². The van der Waals surface area contributed by atoms with E-state index < -0.39 is 6.89 Å². The Morgan fingerprint density at radius 3 is 1.72 bits per heavy atom. The zero-order valence-corrected chi connectivity index (χ0v) is 18.3. The van der Waals surface area contributed by atoms with Crippen LogP contribution in [0.1, 0.15) is 0 Å². The Kier molecular flexibility index (Phi) is 4.38. The Morgan fingerprint density at radius 1 is 0.531 bits per heavy atom. The van der Waals surface area contributed by atoms with Crippen molar-refractivity contribution in [1.82, 2.24) is 15.0 Å². The second-order valence-electron chi connectivity index (χ2n) is 7.96. The molecule has 6 rings (SSSR count). The number of rotatable bonds is 3. The van der Waals surface area contributed by atoms with Gasteiger partial charge in [-0.2, -0.15) is 0 Å². The Morgan fingerprint density at radius 2 is 1.09 bits per heavy atom. The summed E-state index contributed by atoms with van der Waals surface area (Å²) in [7, 11) is 0. The lowest BCUT2D eigenvalue weighted by Crippen LogP contribution is -2.26. The predicted molar refractivity (Wildman–Crippen MR) is 138 cm³/mol. The molecular formula is C28H20N3P. The lowest BCUT2D eigenvalue weighted by atomic mass is 10.2. The Balaban J connectivity index is 1.76. The Labute approximate surface area is 186 Å². The lowest BCUT2D eigenvalue weighted by molar-refractivity contribution is 1.36. The van der Waals surface area contributed by atoms with Gasteiger partial charge < -0.3 is 0 Å². The molecule has 0 fully saturated rings. The van der Waals surface area contributed by atoms with E-state index in [4.69, 9.17) is 6.30 Å². The minimum Gasteiger partial charge on any atom is -0.264 e. The first kappa shape index (κ1) is 18.9. The monoisotopic (exact) mass is 429 g/mol. The molecule has 3 nitrogen and oxygen atoms in total. The average molecular weight is 429 g/mol. The minimum absolute atomic E-state index is 1.12. The van der Waals surface area contributed by atoms with Gasteiger partial charge in [-0.25, -0.2) is 0 Å². The van der Waals surface area contributed by atoms with E-state index in [0.29, 0.717) is 0 Å². The molecule has 0 aliphatic rings. The molecule has 6 aromatic rings. The maximum absolute atomic E-state index is 5.02. The number of aromatic nitrogens is 3. The van der Waals surface area contributed by atoms with Gasteiger partial charge in [0.2, 0.25) is 0 Å². The summed E-state index contributed by atoms with van der Waals surface area (Å²) in [5, 5.41) is 10.6. The number of benzene rings is 3. The first-order valence-corrected chi connectivity index (χ1v) is 12.5. The molecule has 0 saturated heterocycles. The normalized spacial score (nSPS) is 11.9. The molecular weight excluding hydrogens is 409 g/mol. The molecule has 32 heavy (non-hydrogen) atoms. The molecule has 0 unspecified atom stereocenters. The highest BCUT2D eigenvalue weighted by Gasteiger charge is 2.26. The van der Waals surface area contributed by atoms with E-state index in [2.05, 4.69) is 81.7 Å². The molecule has 0 aliphatic carbocycles. The van der Waals surface area contributed by atoms with Crippen molar-refractivity contribution >= 4 is 61.4 Å². The van der Waals surface area contributed by atoms with Crippen LogP contribution in [0.3, 0.4) is 0 Å². The second kappa shape index (κ2) is 7.40. The summed E-state index contributed by atoms with van der Waals surface area (Å²) in [6, 6.07) is 25.8. The van der Waals surface area contributed by atoms with Crippen LogP contribution in [-0.4, -0.2) is 21.3 Å². The van der Waals surface area contributed by atoms with Crippen molar-refractivity contribution in [2.75, 3.05) is 0 Å². The maximum atomic E-state index is 5.02. The van der Waals surface area contributed by atoms with Crippen molar-refractivity contribution < 1.29 is 0 Å². The van der Waals surface area contributed by atoms with Crippen LogP contribution >= 0.6 is 6.89 Å². The molecule has 0 spiro atoms. The van der Waals surface area contributed by atoms with Crippen LogP contribution in [0.4, 0.5) is 0 Å². The van der Waals surface area contributed by atoms with Gasteiger partial charge >= 0.3 is 0 Å². The smallest absolute Gasteiger partial charge is 0.0352 e. The van der Waals surface area contributed by atoms with Crippen molar-refractivity contribution in [1.29, 1.82) is 0 Å². The third-order valence-electron chi connectivity index (χ3n) is 6.21. The standard InChI is InChI=1S/C28H20N3P/c1-32(24-9-8-20-10-13-29-17-23(20)16-24,27-6-2-4-21-11-14-30-18-25(21)27)28-7-3-5-22-12-15-31-19-26(22)28/h2-19H,1H2. The van der Waals surface area contributed by atoms with Crippen molar-refractivity contribution in [3.63, 3.8) is 0 Å². The topological polar surface area (TPSA) is 38.7 Å². The van der Waals surface area contributed by atoms with Crippen LogP contribution in [0.25, 0.3) is 32.3 Å². The van der Waals surface area contributed by atoms with Crippen LogP contribution in [0.15, 0.2) is 110 Å². The molecule has 4 heteroatoms. The molecule has 152 valence electrons. The Bertz CT molecular complexity index is 1580. The first-order chi connectivity index (χ1) is 15.7. The molecule has 0 amide bonds. The summed E-state index contributed by atoms with van der Waals surface area (Å²) in [5.74, 6) is 0. The molecule has 0 radical (unpaired) electrons. The van der Waals surface area contributed by atoms with Gasteiger partial charge in [-0.1, -0.05) is 54.8 Å². The summed E-state index contributed by atoms with van der Waals surface area (Å²) in [4.78, 5) is 13.3. The van der Waals surface area contributed by atoms with Crippen molar-refractivity contribution in [2.45, 2.75) is 0 Å². The van der Waals surface area contributed by atoms with E-state index in [1.165, 1.54) is 32.1 Å². The summed E-state index contributed by atoms with van der Waals surface area (Å²) in [6.45, 7) is -2.28. The predicted octanol–water partition coefficient (Wildman–Crippen LogP) is 5.06. The molecule has 0 N–H and O–H groups in total. The average Bonchev–Trinajstić information content (AvgIpc) is 2.87. The third-order valence-corrected chi connectivity index (χ3v) is 9.79. The molecule has 0 atom stereocenters. The van der Waals surface area contributed by atoms with Gasteiger partial charge in [0.1, 0.15) is 0 Å². The highest BCUT2D eigenvalue weighted by molar-refractivity contribution is 7.94. The second-order valence-corrected chi connectivity index (χ2v) is 11.1. The zero-order chi connectivity index (χ0) is 21.5. The summed E-state index contributed by atoms with van der Waals surface area (Å²) in [6.07, 6.45) is 16.4. The number of pyridine rings is 3. The number of hydrogen-bond acceptors (Lipinski definition) is 3. The first-order valence-electron chi connectivity index (χ1n) is 10.5. The molecule has 3 aromatic carbocycles. The maximum Gasteiger partial charge on any atom is 0.0352 e. The van der Waals surface area contributed by atoms with Crippen molar-refractivity contribution in [2.24, 2.45) is 0 Å².